The number of H-pyrrole nitrogens is 1. The quantitative estimate of drug-likeness (QED) is 0.653. The maximum Gasteiger partial charge on any atom is 0.255 e. The van der Waals surface area contributed by atoms with Crippen molar-refractivity contribution >= 4 is 45.7 Å². The lowest BCUT2D eigenvalue weighted by molar-refractivity contribution is 0.102. The highest BCUT2D eigenvalue weighted by Crippen LogP contribution is 2.27. The number of carbonyl (C=O) groups excluding carboxylic acids is 1. The van der Waals surface area contributed by atoms with Crippen LogP contribution in [0.5, 0.6) is 0 Å². The zero-order valence-corrected chi connectivity index (χ0v) is 13.6. The van der Waals surface area contributed by atoms with Gasteiger partial charge in [0.15, 0.2) is 0 Å². The summed E-state index contributed by atoms with van der Waals surface area (Å²) in [5.41, 5.74) is 4.34. The van der Waals surface area contributed by atoms with E-state index in [1.165, 1.54) is 0 Å². The van der Waals surface area contributed by atoms with Crippen molar-refractivity contribution in [2.45, 2.75) is 13.8 Å². The van der Waals surface area contributed by atoms with Crippen molar-refractivity contribution in [3.63, 3.8) is 0 Å². The number of nitrogens with one attached hydrogen (secondary N) is 2. The molecule has 0 saturated heterocycles. The lowest BCUT2D eigenvalue weighted by atomic mass is 10.1. The van der Waals surface area contributed by atoms with Gasteiger partial charge >= 0.3 is 0 Å². The maximum atomic E-state index is 12.4. The Morgan fingerprint density at radius 3 is 2.64 bits per heavy atom. The molecule has 3 nitrogen and oxygen atoms in total. The van der Waals surface area contributed by atoms with Crippen molar-refractivity contribution in [2.24, 2.45) is 0 Å². The number of aryl methyl sites for hydroxylation is 2. The Hall–Kier alpha value is -1.97. The average molecular weight is 333 g/mol. The second kappa shape index (κ2) is 5.67. The third-order valence-electron chi connectivity index (χ3n) is 3.75. The Balaban J connectivity index is 1.95. The molecule has 0 unspecified atom stereocenters. The summed E-state index contributed by atoms with van der Waals surface area (Å²) in [4.78, 5) is 15.7. The fourth-order valence-corrected chi connectivity index (χ4v) is 2.73. The summed E-state index contributed by atoms with van der Waals surface area (Å²) in [5.74, 6) is -0.218. The van der Waals surface area contributed by atoms with Gasteiger partial charge in [-0.3, -0.25) is 4.79 Å². The third-order valence-corrected chi connectivity index (χ3v) is 4.31. The molecular formula is C17H14Cl2N2O. The second-order valence-corrected chi connectivity index (χ2v) is 6.06. The predicted molar refractivity (Wildman–Crippen MR) is 92.2 cm³/mol. The van der Waals surface area contributed by atoms with Gasteiger partial charge in [-0.15, -0.1) is 0 Å². The molecule has 0 radical (unpaired) electrons. The Kier molecular flexibility index (Phi) is 3.85. The fourth-order valence-electron chi connectivity index (χ4n) is 2.39. The first-order valence-corrected chi connectivity index (χ1v) is 7.56. The molecule has 0 saturated carbocycles. The molecule has 0 aliphatic heterocycles. The predicted octanol–water partition coefficient (Wildman–Crippen LogP) is 5.34. The van der Waals surface area contributed by atoms with Gasteiger partial charge in [-0.25, -0.2) is 0 Å². The van der Waals surface area contributed by atoms with Crippen molar-refractivity contribution < 1.29 is 4.79 Å². The number of aromatic amines is 1. The number of anilines is 1. The lowest BCUT2D eigenvalue weighted by Gasteiger charge is -2.08. The van der Waals surface area contributed by atoms with E-state index in [1.54, 1.807) is 24.3 Å². The maximum absolute atomic E-state index is 12.4. The van der Waals surface area contributed by atoms with E-state index in [2.05, 4.69) is 10.3 Å². The molecule has 1 heterocycles. The number of carbonyl (C=O) groups is 1. The molecule has 1 aromatic heterocycles. The van der Waals surface area contributed by atoms with Gasteiger partial charge in [0.05, 0.1) is 10.7 Å². The van der Waals surface area contributed by atoms with Gasteiger partial charge < -0.3 is 10.3 Å². The van der Waals surface area contributed by atoms with Crippen molar-refractivity contribution in [3.8, 4) is 0 Å². The van der Waals surface area contributed by atoms with Gasteiger partial charge in [0.25, 0.3) is 5.91 Å². The highest BCUT2D eigenvalue weighted by Gasteiger charge is 2.12. The number of fused-ring (bicyclic) bond motifs is 1. The summed E-state index contributed by atoms with van der Waals surface area (Å²) in [7, 11) is 0. The monoisotopic (exact) mass is 332 g/mol. The molecule has 0 aliphatic rings. The molecule has 3 aromatic rings. The molecule has 0 bridgehead atoms. The first kappa shape index (κ1) is 14.9. The minimum absolute atomic E-state index is 0.218. The van der Waals surface area contributed by atoms with E-state index < -0.39 is 0 Å². The van der Waals surface area contributed by atoms with E-state index in [-0.39, 0.29) is 5.91 Å². The molecule has 22 heavy (non-hydrogen) atoms. The van der Waals surface area contributed by atoms with Crippen LogP contribution in [-0.2, 0) is 0 Å². The number of hydrogen-bond acceptors (Lipinski definition) is 1. The van der Waals surface area contributed by atoms with Crippen LogP contribution in [0.2, 0.25) is 10.0 Å². The summed E-state index contributed by atoms with van der Waals surface area (Å²) in [6.45, 7) is 4.05. The average Bonchev–Trinajstić information content (AvgIpc) is 2.77. The first-order valence-electron chi connectivity index (χ1n) is 6.81. The van der Waals surface area contributed by atoms with Gasteiger partial charge in [-0.1, -0.05) is 23.2 Å². The minimum Gasteiger partial charge on any atom is -0.358 e. The summed E-state index contributed by atoms with van der Waals surface area (Å²) in [5, 5.41) is 4.81. The van der Waals surface area contributed by atoms with Crippen LogP contribution in [0.15, 0.2) is 36.4 Å². The van der Waals surface area contributed by atoms with E-state index in [9.17, 15) is 4.79 Å². The lowest BCUT2D eigenvalue weighted by Crippen LogP contribution is -2.12. The summed E-state index contributed by atoms with van der Waals surface area (Å²) in [6.07, 6.45) is 0. The number of hydrogen-bond donors (Lipinski definition) is 2. The molecule has 0 spiro atoms. The molecular weight excluding hydrogens is 319 g/mol. The second-order valence-electron chi connectivity index (χ2n) is 5.21. The molecule has 2 aromatic carbocycles. The Bertz CT molecular complexity index is 884. The van der Waals surface area contributed by atoms with Gasteiger partial charge in [0.1, 0.15) is 0 Å². The van der Waals surface area contributed by atoms with Crippen LogP contribution in [-0.4, -0.2) is 10.9 Å². The minimum atomic E-state index is -0.218. The van der Waals surface area contributed by atoms with Crippen LogP contribution < -0.4 is 5.32 Å². The standard InChI is InChI=1S/C17H14Cl2N2O/c1-9-10(2)20-15-6-3-11(7-13(9)15)17(22)21-16-8-12(18)4-5-14(16)19/h3-8,20H,1-2H3,(H,21,22). The molecule has 2 N–H and O–H groups in total. The van der Waals surface area contributed by atoms with Crippen LogP contribution in [0.1, 0.15) is 21.6 Å². The third kappa shape index (κ3) is 2.70. The van der Waals surface area contributed by atoms with Crippen LogP contribution in [0.3, 0.4) is 0 Å². The van der Waals surface area contributed by atoms with Crippen LogP contribution in [0.25, 0.3) is 10.9 Å². The molecule has 3 rings (SSSR count). The normalized spacial score (nSPS) is 10.9. The zero-order chi connectivity index (χ0) is 15.9. The van der Waals surface area contributed by atoms with Crippen LogP contribution in [0.4, 0.5) is 5.69 Å². The number of aromatic nitrogens is 1. The SMILES string of the molecule is Cc1[nH]c2ccc(C(=O)Nc3cc(Cl)ccc3Cl)cc2c1C. The van der Waals surface area contributed by atoms with E-state index in [1.807, 2.05) is 26.0 Å². The smallest absolute Gasteiger partial charge is 0.255 e. The summed E-state index contributed by atoms with van der Waals surface area (Å²) < 4.78 is 0. The van der Waals surface area contributed by atoms with Crippen molar-refractivity contribution in [2.75, 3.05) is 5.32 Å². The Labute approximate surface area is 138 Å². The number of benzene rings is 2. The number of halogens is 2. The molecule has 0 aliphatic carbocycles. The summed E-state index contributed by atoms with van der Waals surface area (Å²) in [6, 6.07) is 10.5. The molecule has 5 heteroatoms. The zero-order valence-electron chi connectivity index (χ0n) is 12.1. The highest BCUT2D eigenvalue weighted by atomic mass is 35.5. The van der Waals surface area contributed by atoms with Crippen molar-refractivity contribution in [1.82, 2.24) is 4.98 Å². The van der Waals surface area contributed by atoms with E-state index in [4.69, 9.17) is 23.2 Å². The van der Waals surface area contributed by atoms with E-state index in [0.717, 1.165) is 22.2 Å². The Morgan fingerprint density at radius 2 is 1.86 bits per heavy atom. The number of amides is 1. The topological polar surface area (TPSA) is 44.9 Å². The largest absolute Gasteiger partial charge is 0.358 e. The molecule has 0 atom stereocenters. The van der Waals surface area contributed by atoms with Crippen LogP contribution >= 0.6 is 23.2 Å². The first-order chi connectivity index (χ1) is 10.5. The van der Waals surface area contributed by atoms with Crippen molar-refractivity contribution in [1.29, 1.82) is 0 Å². The van der Waals surface area contributed by atoms with Gasteiger partial charge in [0.2, 0.25) is 0 Å². The van der Waals surface area contributed by atoms with Gasteiger partial charge in [-0.05, 0) is 55.8 Å². The number of rotatable bonds is 2. The van der Waals surface area contributed by atoms with Crippen molar-refractivity contribution in [3.05, 3.63) is 63.3 Å². The molecule has 1 amide bonds. The highest BCUT2D eigenvalue weighted by molar-refractivity contribution is 6.35. The molecule has 112 valence electrons. The van der Waals surface area contributed by atoms with Gasteiger partial charge in [-0.2, -0.15) is 0 Å². The fraction of sp³-hybridized carbons (Fsp3) is 0.118. The van der Waals surface area contributed by atoms with E-state index in [0.29, 0.717) is 21.3 Å². The molecule has 0 fully saturated rings. The van der Waals surface area contributed by atoms with Crippen LogP contribution in [0, 0.1) is 13.8 Å². The Morgan fingerprint density at radius 1 is 1.09 bits per heavy atom. The summed E-state index contributed by atoms with van der Waals surface area (Å²) >= 11 is 12.0. The van der Waals surface area contributed by atoms with E-state index >= 15 is 0 Å². The van der Waals surface area contributed by atoms with Gasteiger partial charge in [0, 0.05) is 27.2 Å².